The number of hydrogen-bond acceptors (Lipinski definition) is 1. The molecule has 0 heterocycles. The molecule has 0 bridgehead atoms. The van der Waals surface area contributed by atoms with Gasteiger partial charge in [0.05, 0.1) is 0 Å². The molecule has 0 aromatic carbocycles. The summed E-state index contributed by atoms with van der Waals surface area (Å²) >= 11 is 0. The summed E-state index contributed by atoms with van der Waals surface area (Å²) in [6.07, 6.45) is 21.2. The van der Waals surface area contributed by atoms with E-state index in [4.69, 9.17) is 5.73 Å². The van der Waals surface area contributed by atoms with Crippen molar-refractivity contribution >= 4 is 12.4 Å². The Bertz CT molecular complexity index is 330. The molecule has 1 nitrogen and oxygen atoms in total. The highest BCUT2D eigenvalue weighted by Crippen LogP contribution is 2.41. The first-order chi connectivity index (χ1) is 12.6. The van der Waals surface area contributed by atoms with E-state index in [1.54, 1.807) is 0 Å². The lowest BCUT2D eigenvalue weighted by Gasteiger charge is -2.41. The summed E-state index contributed by atoms with van der Waals surface area (Å²) in [6.45, 7) is 16.3. The summed E-state index contributed by atoms with van der Waals surface area (Å²) in [5.74, 6) is 1.46. The molecule has 0 spiro atoms. The molecular formula is C26H56ClN. The Kier molecular flexibility index (Phi) is 18.5. The lowest BCUT2D eigenvalue weighted by atomic mass is 9.65. The van der Waals surface area contributed by atoms with Gasteiger partial charge in [0.2, 0.25) is 0 Å². The highest BCUT2D eigenvalue weighted by molar-refractivity contribution is 5.85. The van der Waals surface area contributed by atoms with Crippen molar-refractivity contribution in [2.45, 2.75) is 150 Å². The first-order valence-electron chi connectivity index (χ1n) is 12.4. The second-order valence-electron chi connectivity index (χ2n) is 10.9. The third-order valence-electron chi connectivity index (χ3n) is 6.97. The molecule has 0 aromatic rings. The van der Waals surface area contributed by atoms with Gasteiger partial charge in [-0.1, -0.05) is 118 Å². The van der Waals surface area contributed by atoms with Crippen LogP contribution in [0.2, 0.25) is 0 Å². The Morgan fingerprint density at radius 1 is 0.643 bits per heavy atom. The summed E-state index contributed by atoms with van der Waals surface area (Å²) in [4.78, 5) is 0. The molecular weight excluding hydrogens is 362 g/mol. The lowest BCUT2D eigenvalue weighted by molar-refractivity contribution is 0.100. The van der Waals surface area contributed by atoms with Crippen molar-refractivity contribution in [1.29, 1.82) is 0 Å². The Balaban J connectivity index is 0. The second-order valence-corrected chi connectivity index (χ2v) is 10.9. The zero-order valence-electron chi connectivity index (χ0n) is 20.7. The fourth-order valence-corrected chi connectivity index (χ4v) is 4.25. The van der Waals surface area contributed by atoms with E-state index in [9.17, 15) is 0 Å². The van der Waals surface area contributed by atoms with Crippen LogP contribution in [0.25, 0.3) is 0 Å². The Morgan fingerprint density at radius 2 is 1.00 bits per heavy atom. The normalized spacial score (nSPS) is 13.6. The van der Waals surface area contributed by atoms with Crippen LogP contribution >= 0.6 is 12.4 Å². The molecule has 28 heavy (non-hydrogen) atoms. The molecule has 0 amide bonds. The second kappa shape index (κ2) is 17.0. The first kappa shape index (κ1) is 30.4. The van der Waals surface area contributed by atoms with E-state index in [1.165, 1.54) is 89.9 Å². The Morgan fingerprint density at radius 3 is 1.32 bits per heavy atom. The predicted molar refractivity (Wildman–Crippen MR) is 133 cm³/mol. The molecule has 2 heteroatoms. The Hall–Kier alpha value is 0.250. The van der Waals surface area contributed by atoms with E-state index in [1.807, 2.05) is 0 Å². The van der Waals surface area contributed by atoms with E-state index < -0.39 is 0 Å². The minimum Gasteiger partial charge on any atom is -0.326 e. The van der Waals surface area contributed by atoms with Gasteiger partial charge in [-0.25, -0.2) is 0 Å². The van der Waals surface area contributed by atoms with Gasteiger partial charge in [0.15, 0.2) is 0 Å². The van der Waals surface area contributed by atoms with Crippen molar-refractivity contribution in [3.63, 3.8) is 0 Å². The van der Waals surface area contributed by atoms with Crippen LogP contribution in [0.15, 0.2) is 0 Å². The molecule has 0 aliphatic heterocycles. The Labute approximate surface area is 185 Å². The van der Waals surface area contributed by atoms with Crippen LogP contribution in [0.4, 0.5) is 0 Å². The van der Waals surface area contributed by atoms with Crippen LogP contribution in [0, 0.1) is 17.3 Å². The van der Waals surface area contributed by atoms with Crippen molar-refractivity contribution < 1.29 is 0 Å². The van der Waals surface area contributed by atoms with Crippen LogP contribution in [0.1, 0.15) is 145 Å². The SMILES string of the molecule is CCCCCCCCCCCCCCCC(CC(C)(C)N)C(C)(C)C(C)C.Cl. The smallest absolute Gasteiger partial charge is 0.00998 e. The average molecular weight is 418 g/mol. The molecule has 0 radical (unpaired) electrons. The van der Waals surface area contributed by atoms with Crippen molar-refractivity contribution in [1.82, 2.24) is 0 Å². The molecule has 0 saturated heterocycles. The summed E-state index contributed by atoms with van der Waals surface area (Å²) in [6, 6.07) is 0. The van der Waals surface area contributed by atoms with E-state index in [0.717, 1.165) is 12.3 Å². The van der Waals surface area contributed by atoms with E-state index in [0.29, 0.717) is 11.3 Å². The molecule has 172 valence electrons. The zero-order chi connectivity index (χ0) is 20.8. The van der Waals surface area contributed by atoms with Crippen molar-refractivity contribution in [3.8, 4) is 0 Å². The van der Waals surface area contributed by atoms with Gasteiger partial charge in [-0.05, 0) is 43.9 Å². The molecule has 0 aliphatic carbocycles. The van der Waals surface area contributed by atoms with Crippen LogP contribution < -0.4 is 5.73 Å². The topological polar surface area (TPSA) is 26.0 Å². The molecule has 2 N–H and O–H groups in total. The van der Waals surface area contributed by atoms with Crippen LogP contribution in [0.5, 0.6) is 0 Å². The van der Waals surface area contributed by atoms with Gasteiger partial charge in [0.25, 0.3) is 0 Å². The van der Waals surface area contributed by atoms with Gasteiger partial charge >= 0.3 is 0 Å². The summed E-state index contributed by atoms with van der Waals surface area (Å²) in [7, 11) is 0. The maximum atomic E-state index is 6.38. The van der Waals surface area contributed by atoms with Crippen LogP contribution in [-0.2, 0) is 0 Å². The third-order valence-corrected chi connectivity index (χ3v) is 6.97. The van der Waals surface area contributed by atoms with Gasteiger partial charge in [-0.3, -0.25) is 0 Å². The number of unbranched alkanes of at least 4 members (excludes halogenated alkanes) is 12. The van der Waals surface area contributed by atoms with Crippen molar-refractivity contribution in [3.05, 3.63) is 0 Å². The summed E-state index contributed by atoms with van der Waals surface area (Å²) in [5.41, 5.74) is 6.71. The largest absolute Gasteiger partial charge is 0.326 e. The highest BCUT2D eigenvalue weighted by atomic mass is 35.5. The maximum absolute atomic E-state index is 6.38. The highest BCUT2D eigenvalue weighted by Gasteiger charge is 2.34. The van der Waals surface area contributed by atoms with E-state index >= 15 is 0 Å². The van der Waals surface area contributed by atoms with E-state index in [2.05, 4.69) is 48.5 Å². The maximum Gasteiger partial charge on any atom is 0.00998 e. The minimum atomic E-state index is -0.0482. The summed E-state index contributed by atoms with van der Waals surface area (Å²) < 4.78 is 0. The van der Waals surface area contributed by atoms with Gasteiger partial charge < -0.3 is 5.73 Å². The lowest BCUT2D eigenvalue weighted by Crippen LogP contribution is -2.40. The first-order valence-corrected chi connectivity index (χ1v) is 12.4. The summed E-state index contributed by atoms with van der Waals surface area (Å²) in [5, 5.41) is 0. The number of nitrogens with two attached hydrogens (primary N) is 1. The van der Waals surface area contributed by atoms with Gasteiger partial charge in [-0.15, -0.1) is 12.4 Å². The monoisotopic (exact) mass is 417 g/mol. The predicted octanol–water partition coefficient (Wildman–Crippen LogP) is 9.32. The minimum absolute atomic E-state index is 0. The number of hydrogen-bond donors (Lipinski definition) is 1. The van der Waals surface area contributed by atoms with E-state index in [-0.39, 0.29) is 17.9 Å². The molecule has 0 aliphatic rings. The molecule has 1 unspecified atom stereocenters. The standard InChI is InChI=1S/C26H55N.ClH/c1-8-9-10-11-12-13-14-15-16-17-18-19-20-21-24(22-25(4,5)27)26(6,7)23(2)3;/h23-24H,8-22,27H2,1-7H3;1H. The van der Waals surface area contributed by atoms with Gasteiger partial charge in [0.1, 0.15) is 0 Å². The average Bonchev–Trinajstić information content (AvgIpc) is 2.56. The number of rotatable bonds is 18. The van der Waals surface area contributed by atoms with Crippen molar-refractivity contribution in [2.24, 2.45) is 23.0 Å². The third kappa shape index (κ3) is 16.1. The van der Waals surface area contributed by atoms with Crippen molar-refractivity contribution in [2.75, 3.05) is 0 Å². The van der Waals surface area contributed by atoms with Crippen LogP contribution in [-0.4, -0.2) is 5.54 Å². The molecule has 0 rings (SSSR count). The fourth-order valence-electron chi connectivity index (χ4n) is 4.25. The fraction of sp³-hybridized carbons (Fsp3) is 1.00. The molecule has 0 aromatic heterocycles. The quantitative estimate of drug-likeness (QED) is 0.221. The number of halogens is 1. The molecule has 0 fully saturated rings. The molecule has 0 saturated carbocycles. The van der Waals surface area contributed by atoms with Gasteiger partial charge in [-0.2, -0.15) is 0 Å². The molecule has 1 atom stereocenters. The van der Waals surface area contributed by atoms with Crippen LogP contribution in [0.3, 0.4) is 0 Å². The zero-order valence-corrected chi connectivity index (χ0v) is 21.6. The van der Waals surface area contributed by atoms with Gasteiger partial charge in [0, 0.05) is 5.54 Å².